The zero-order valence-corrected chi connectivity index (χ0v) is 14.1. The third-order valence-electron chi connectivity index (χ3n) is 4.75. The number of ether oxygens (including phenoxy) is 1. The van der Waals surface area contributed by atoms with Gasteiger partial charge in [0.15, 0.2) is 0 Å². The van der Waals surface area contributed by atoms with Crippen LogP contribution in [0, 0.1) is 0 Å². The van der Waals surface area contributed by atoms with Gasteiger partial charge in [-0.15, -0.1) is 0 Å². The summed E-state index contributed by atoms with van der Waals surface area (Å²) in [6.45, 7) is 5.08. The number of likely N-dealkylation sites (tertiary alicyclic amines) is 1. The molecule has 0 unspecified atom stereocenters. The lowest BCUT2D eigenvalue weighted by Gasteiger charge is -2.45. The third-order valence-corrected chi connectivity index (χ3v) is 5.18. The molecule has 0 spiro atoms. The minimum absolute atomic E-state index is 0.00706. The minimum Gasteiger partial charge on any atom is -0.375 e. The molecule has 0 aromatic carbocycles. The number of halogens is 1. The van der Waals surface area contributed by atoms with Crippen LogP contribution in [0.5, 0.6) is 0 Å². The molecule has 6 nitrogen and oxygen atoms in total. The van der Waals surface area contributed by atoms with Gasteiger partial charge in [-0.25, -0.2) is 0 Å². The lowest BCUT2D eigenvalue weighted by molar-refractivity contribution is -0.0893. The van der Waals surface area contributed by atoms with Gasteiger partial charge in [-0.2, -0.15) is 5.10 Å². The molecule has 1 aromatic rings. The Balaban J connectivity index is 1.81. The van der Waals surface area contributed by atoms with E-state index in [1.165, 1.54) is 0 Å². The number of hydrogen-bond donors (Lipinski definition) is 0. The molecular formula is C15H23ClN4O2. The summed E-state index contributed by atoms with van der Waals surface area (Å²) in [5.41, 5.74) is 1.33. The summed E-state index contributed by atoms with van der Waals surface area (Å²) >= 11 is 6.29. The number of rotatable bonds is 2. The predicted octanol–water partition coefficient (Wildman–Crippen LogP) is 1.18. The number of aromatic nitrogens is 2. The maximum Gasteiger partial charge on any atom is 0.258 e. The zero-order valence-electron chi connectivity index (χ0n) is 13.4. The third kappa shape index (κ3) is 2.64. The SMILES string of the molecule is CCc1nn(C)c(Cl)c1C(=O)N1CC[C@H]2OCCN(C)[C@H]2C1. The second-order valence-corrected chi connectivity index (χ2v) is 6.44. The molecule has 0 bridgehead atoms. The molecule has 2 atom stereocenters. The highest BCUT2D eigenvalue weighted by molar-refractivity contribution is 6.33. The number of amides is 1. The smallest absolute Gasteiger partial charge is 0.258 e. The summed E-state index contributed by atoms with van der Waals surface area (Å²) in [4.78, 5) is 17.1. The predicted molar refractivity (Wildman–Crippen MR) is 84.3 cm³/mol. The minimum atomic E-state index is -0.00706. The Morgan fingerprint density at radius 1 is 1.41 bits per heavy atom. The second-order valence-electron chi connectivity index (χ2n) is 6.09. The van der Waals surface area contributed by atoms with E-state index in [0.717, 1.165) is 25.3 Å². The van der Waals surface area contributed by atoms with Crippen LogP contribution in [0.25, 0.3) is 0 Å². The normalized spacial score (nSPS) is 26.1. The molecular weight excluding hydrogens is 304 g/mol. The van der Waals surface area contributed by atoms with Crippen molar-refractivity contribution in [3.63, 3.8) is 0 Å². The summed E-state index contributed by atoms with van der Waals surface area (Å²) in [5.74, 6) is -0.00706. The van der Waals surface area contributed by atoms with Crippen molar-refractivity contribution in [1.29, 1.82) is 0 Å². The van der Waals surface area contributed by atoms with Crippen molar-refractivity contribution in [2.75, 3.05) is 33.3 Å². The molecule has 22 heavy (non-hydrogen) atoms. The number of morpholine rings is 1. The van der Waals surface area contributed by atoms with Crippen LogP contribution < -0.4 is 0 Å². The molecule has 2 saturated heterocycles. The monoisotopic (exact) mass is 326 g/mol. The maximum absolute atomic E-state index is 12.9. The van der Waals surface area contributed by atoms with E-state index in [4.69, 9.17) is 16.3 Å². The summed E-state index contributed by atoms with van der Waals surface area (Å²) in [5, 5.41) is 4.77. The molecule has 0 N–H and O–H groups in total. The van der Waals surface area contributed by atoms with Crippen LogP contribution >= 0.6 is 11.6 Å². The van der Waals surface area contributed by atoms with Crippen molar-refractivity contribution >= 4 is 17.5 Å². The highest BCUT2D eigenvalue weighted by Gasteiger charge is 2.38. The highest BCUT2D eigenvalue weighted by atomic mass is 35.5. The average Bonchev–Trinajstić information content (AvgIpc) is 2.81. The Morgan fingerprint density at radius 2 is 2.18 bits per heavy atom. The summed E-state index contributed by atoms with van der Waals surface area (Å²) < 4.78 is 7.42. The second kappa shape index (κ2) is 6.18. The summed E-state index contributed by atoms with van der Waals surface area (Å²) in [6.07, 6.45) is 1.81. The van der Waals surface area contributed by atoms with E-state index in [-0.39, 0.29) is 18.1 Å². The van der Waals surface area contributed by atoms with Gasteiger partial charge in [-0.3, -0.25) is 14.4 Å². The fourth-order valence-electron chi connectivity index (χ4n) is 3.40. The van der Waals surface area contributed by atoms with E-state index >= 15 is 0 Å². The highest BCUT2D eigenvalue weighted by Crippen LogP contribution is 2.26. The van der Waals surface area contributed by atoms with Crippen LogP contribution in [0.2, 0.25) is 5.15 Å². The number of hydrogen-bond acceptors (Lipinski definition) is 4. The standard InChI is InChI=1S/C15H23ClN4O2/c1-4-10-13(14(16)19(3)17-10)15(21)20-6-5-12-11(9-20)18(2)7-8-22-12/h11-12H,4-9H2,1-3H3/t11-,12+/m0/s1. The first-order chi connectivity index (χ1) is 10.5. The first kappa shape index (κ1) is 15.8. The quantitative estimate of drug-likeness (QED) is 0.819. The van der Waals surface area contributed by atoms with E-state index in [9.17, 15) is 4.79 Å². The molecule has 7 heteroatoms. The Labute approximate surface area is 136 Å². The van der Waals surface area contributed by atoms with E-state index in [1.54, 1.807) is 11.7 Å². The number of carbonyl (C=O) groups is 1. The Morgan fingerprint density at radius 3 is 2.91 bits per heavy atom. The van der Waals surface area contributed by atoms with Gasteiger partial charge in [0, 0.05) is 26.7 Å². The zero-order chi connectivity index (χ0) is 15.9. The van der Waals surface area contributed by atoms with Gasteiger partial charge in [-0.1, -0.05) is 18.5 Å². The van der Waals surface area contributed by atoms with Crippen LogP contribution in [0.4, 0.5) is 0 Å². The lowest BCUT2D eigenvalue weighted by Crippen LogP contribution is -2.59. The Hall–Kier alpha value is -1.11. The first-order valence-electron chi connectivity index (χ1n) is 7.85. The maximum atomic E-state index is 12.9. The van der Waals surface area contributed by atoms with E-state index in [0.29, 0.717) is 30.2 Å². The van der Waals surface area contributed by atoms with Crippen molar-refractivity contribution in [2.24, 2.45) is 7.05 Å². The van der Waals surface area contributed by atoms with Crippen LogP contribution in [0.15, 0.2) is 0 Å². The molecule has 3 rings (SSSR count). The fraction of sp³-hybridized carbons (Fsp3) is 0.733. The molecule has 0 aliphatic carbocycles. The van der Waals surface area contributed by atoms with Gasteiger partial charge >= 0.3 is 0 Å². The number of aryl methyl sites for hydroxylation is 2. The van der Waals surface area contributed by atoms with Gasteiger partial charge in [-0.05, 0) is 19.9 Å². The van der Waals surface area contributed by atoms with E-state index < -0.39 is 0 Å². The number of nitrogens with zero attached hydrogens (tertiary/aromatic N) is 4. The molecule has 2 aliphatic heterocycles. The number of likely N-dealkylation sites (N-methyl/N-ethyl adjacent to an activating group) is 1. The molecule has 1 amide bonds. The molecule has 1 aromatic heterocycles. The summed E-state index contributed by atoms with van der Waals surface area (Å²) in [7, 11) is 3.87. The van der Waals surface area contributed by atoms with E-state index in [1.807, 2.05) is 11.8 Å². The van der Waals surface area contributed by atoms with Crippen LogP contribution in [0.3, 0.4) is 0 Å². The molecule has 2 fully saturated rings. The lowest BCUT2D eigenvalue weighted by atomic mass is 9.98. The average molecular weight is 327 g/mol. The largest absolute Gasteiger partial charge is 0.375 e. The summed E-state index contributed by atoms with van der Waals surface area (Å²) in [6, 6.07) is 0.270. The van der Waals surface area contributed by atoms with Crippen LogP contribution in [-0.2, 0) is 18.2 Å². The topological polar surface area (TPSA) is 50.6 Å². The molecule has 2 aliphatic rings. The fourth-order valence-corrected chi connectivity index (χ4v) is 3.63. The van der Waals surface area contributed by atoms with Crippen LogP contribution in [0.1, 0.15) is 29.4 Å². The molecule has 3 heterocycles. The van der Waals surface area contributed by atoms with Gasteiger partial charge in [0.2, 0.25) is 0 Å². The number of fused-ring (bicyclic) bond motifs is 1. The Kier molecular flexibility index (Phi) is 4.43. The van der Waals surface area contributed by atoms with Gasteiger partial charge in [0.25, 0.3) is 5.91 Å². The molecule has 0 radical (unpaired) electrons. The van der Waals surface area contributed by atoms with Crippen molar-refractivity contribution < 1.29 is 9.53 Å². The van der Waals surface area contributed by atoms with E-state index in [2.05, 4.69) is 17.0 Å². The molecule has 0 saturated carbocycles. The first-order valence-corrected chi connectivity index (χ1v) is 8.23. The van der Waals surface area contributed by atoms with Crippen molar-refractivity contribution in [2.45, 2.75) is 31.9 Å². The van der Waals surface area contributed by atoms with Crippen LogP contribution in [-0.4, -0.2) is 70.9 Å². The number of piperidine rings is 1. The van der Waals surface area contributed by atoms with Crippen molar-refractivity contribution in [3.8, 4) is 0 Å². The Bertz CT molecular complexity index is 574. The van der Waals surface area contributed by atoms with Gasteiger partial charge in [0.1, 0.15) is 5.15 Å². The number of carbonyl (C=O) groups excluding carboxylic acids is 1. The van der Waals surface area contributed by atoms with Crippen molar-refractivity contribution in [3.05, 3.63) is 16.4 Å². The van der Waals surface area contributed by atoms with Crippen molar-refractivity contribution in [1.82, 2.24) is 19.6 Å². The van der Waals surface area contributed by atoms with Gasteiger partial charge < -0.3 is 9.64 Å². The molecule has 122 valence electrons. The van der Waals surface area contributed by atoms with Gasteiger partial charge in [0.05, 0.1) is 30.0 Å².